The van der Waals surface area contributed by atoms with Gasteiger partial charge in [-0.15, -0.1) is 0 Å². The Morgan fingerprint density at radius 1 is 1.50 bits per heavy atom. The molecule has 0 heterocycles. The molecule has 0 bridgehead atoms. The van der Waals surface area contributed by atoms with Gasteiger partial charge in [-0.2, -0.15) is 0 Å². The van der Waals surface area contributed by atoms with Crippen LogP contribution in [0.5, 0.6) is 0 Å². The highest BCUT2D eigenvalue weighted by molar-refractivity contribution is 6.33. The summed E-state index contributed by atoms with van der Waals surface area (Å²) in [4.78, 5) is 0. The molecule has 0 atom stereocenters. The second-order valence-electron chi connectivity index (χ2n) is 2.96. The minimum atomic E-state index is -2.38. The zero-order valence-electron chi connectivity index (χ0n) is 7.65. The Labute approximate surface area is 86.1 Å². The molecule has 0 fully saturated rings. The van der Waals surface area contributed by atoms with Crippen LogP contribution in [-0.4, -0.2) is 13.0 Å². The molecule has 1 aromatic carbocycles. The van der Waals surface area contributed by atoms with E-state index in [-0.39, 0.29) is 6.54 Å². The van der Waals surface area contributed by atoms with Crippen LogP contribution in [-0.2, 0) is 0 Å². The first-order valence-corrected chi connectivity index (χ1v) is 4.46. The summed E-state index contributed by atoms with van der Waals surface area (Å²) < 4.78 is 23.8. The smallest absolute Gasteiger partial charge is 0.255 e. The maximum absolute atomic E-state index is 11.9. The van der Waals surface area contributed by atoms with Gasteiger partial charge in [-0.25, -0.2) is 8.78 Å². The van der Waals surface area contributed by atoms with Gasteiger partial charge in [0, 0.05) is 5.69 Å². The Morgan fingerprint density at radius 3 is 2.71 bits per heavy atom. The molecule has 0 aliphatic rings. The highest BCUT2D eigenvalue weighted by Crippen LogP contribution is 2.26. The van der Waals surface area contributed by atoms with Crippen LogP contribution in [0.4, 0.5) is 20.2 Å². The number of alkyl halides is 2. The van der Waals surface area contributed by atoms with Crippen molar-refractivity contribution in [2.24, 2.45) is 0 Å². The van der Waals surface area contributed by atoms with E-state index in [2.05, 4.69) is 5.32 Å². The zero-order valence-corrected chi connectivity index (χ0v) is 8.41. The normalized spacial score (nSPS) is 10.6. The van der Waals surface area contributed by atoms with Crippen LogP contribution in [0.25, 0.3) is 0 Å². The van der Waals surface area contributed by atoms with Crippen LogP contribution in [0.15, 0.2) is 12.1 Å². The summed E-state index contributed by atoms with van der Waals surface area (Å²) in [5, 5.41) is 2.96. The second-order valence-corrected chi connectivity index (χ2v) is 3.37. The molecule has 1 aromatic rings. The molecule has 2 nitrogen and oxygen atoms in total. The average Bonchev–Trinajstić information content (AvgIpc) is 2.09. The van der Waals surface area contributed by atoms with Crippen LogP contribution < -0.4 is 11.1 Å². The van der Waals surface area contributed by atoms with Crippen molar-refractivity contribution in [1.29, 1.82) is 0 Å². The van der Waals surface area contributed by atoms with Gasteiger partial charge in [0.15, 0.2) is 0 Å². The molecule has 14 heavy (non-hydrogen) atoms. The number of nitrogen functional groups attached to an aromatic ring is 1. The molecule has 0 aromatic heterocycles. The van der Waals surface area contributed by atoms with Crippen molar-refractivity contribution in [2.75, 3.05) is 17.6 Å². The lowest BCUT2D eigenvalue weighted by atomic mass is 10.2. The van der Waals surface area contributed by atoms with Crippen LogP contribution in [0.1, 0.15) is 5.56 Å². The lowest BCUT2D eigenvalue weighted by Crippen LogP contribution is -2.11. The number of hydrogen-bond donors (Lipinski definition) is 2. The summed E-state index contributed by atoms with van der Waals surface area (Å²) >= 11 is 5.75. The van der Waals surface area contributed by atoms with Crippen molar-refractivity contribution < 1.29 is 8.78 Å². The summed E-state index contributed by atoms with van der Waals surface area (Å²) in [7, 11) is 0. The summed E-state index contributed by atoms with van der Waals surface area (Å²) in [6.07, 6.45) is -2.38. The standard InChI is InChI=1S/C9H11ClF2N2/c1-5-2-7(13)6(10)3-8(5)14-4-9(11)12/h2-3,9,14H,4,13H2,1H3. The molecule has 3 N–H and O–H groups in total. The molecular formula is C9H11ClF2N2. The van der Waals surface area contributed by atoms with Gasteiger partial charge in [0.25, 0.3) is 6.43 Å². The Kier molecular flexibility index (Phi) is 3.52. The molecule has 0 aliphatic carbocycles. The summed E-state index contributed by atoms with van der Waals surface area (Å²) in [5.41, 5.74) is 7.37. The lowest BCUT2D eigenvalue weighted by molar-refractivity contribution is 0.163. The third kappa shape index (κ3) is 2.73. The molecule has 1 rings (SSSR count). The fraction of sp³-hybridized carbons (Fsp3) is 0.333. The van der Waals surface area contributed by atoms with Gasteiger partial charge >= 0.3 is 0 Å². The molecule has 78 valence electrons. The minimum Gasteiger partial charge on any atom is -0.398 e. The third-order valence-electron chi connectivity index (χ3n) is 1.79. The van der Waals surface area contributed by atoms with E-state index in [9.17, 15) is 8.78 Å². The summed E-state index contributed by atoms with van der Waals surface area (Å²) in [6, 6.07) is 3.20. The Morgan fingerprint density at radius 2 is 2.14 bits per heavy atom. The Bertz CT molecular complexity index is 329. The first-order chi connectivity index (χ1) is 6.50. The number of rotatable bonds is 3. The number of nitrogens with one attached hydrogen (secondary N) is 1. The highest BCUT2D eigenvalue weighted by atomic mass is 35.5. The van der Waals surface area contributed by atoms with Gasteiger partial charge in [0.1, 0.15) is 0 Å². The first kappa shape index (κ1) is 11.0. The van der Waals surface area contributed by atoms with Crippen molar-refractivity contribution in [3.63, 3.8) is 0 Å². The first-order valence-electron chi connectivity index (χ1n) is 4.08. The monoisotopic (exact) mass is 220 g/mol. The van der Waals surface area contributed by atoms with E-state index in [4.69, 9.17) is 17.3 Å². The number of halogens is 3. The second kappa shape index (κ2) is 4.46. The molecule has 0 amide bonds. The van der Waals surface area contributed by atoms with Crippen LogP contribution >= 0.6 is 11.6 Å². The number of nitrogens with two attached hydrogens (primary N) is 1. The molecule has 0 saturated heterocycles. The topological polar surface area (TPSA) is 38.0 Å². The van der Waals surface area contributed by atoms with E-state index in [0.29, 0.717) is 16.4 Å². The fourth-order valence-electron chi connectivity index (χ4n) is 1.08. The van der Waals surface area contributed by atoms with E-state index >= 15 is 0 Å². The molecule has 0 aliphatic heterocycles. The molecule has 0 radical (unpaired) electrons. The molecule has 0 saturated carbocycles. The van der Waals surface area contributed by atoms with Crippen LogP contribution in [0, 0.1) is 6.92 Å². The summed E-state index contributed by atoms with van der Waals surface area (Å²) in [6.45, 7) is 1.39. The third-order valence-corrected chi connectivity index (χ3v) is 2.12. The van der Waals surface area contributed by atoms with Gasteiger partial charge in [-0.3, -0.25) is 0 Å². The largest absolute Gasteiger partial charge is 0.398 e. The van der Waals surface area contributed by atoms with Crippen molar-refractivity contribution in [2.45, 2.75) is 13.3 Å². The van der Waals surface area contributed by atoms with Crippen molar-refractivity contribution in [3.05, 3.63) is 22.7 Å². The van der Waals surface area contributed by atoms with Crippen molar-refractivity contribution in [3.8, 4) is 0 Å². The van der Waals surface area contributed by atoms with Gasteiger partial charge in [-0.1, -0.05) is 11.6 Å². The van der Waals surface area contributed by atoms with E-state index in [0.717, 1.165) is 5.56 Å². The highest BCUT2D eigenvalue weighted by Gasteiger charge is 2.06. The number of hydrogen-bond acceptors (Lipinski definition) is 2. The lowest BCUT2D eigenvalue weighted by Gasteiger charge is -2.10. The van der Waals surface area contributed by atoms with Crippen LogP contribution in [0.3, 0.4) is 0 Å². The van der Waals surface area contributed by atoms with Gasteiger partial charge in [0.05, 0.1) is 17.3 Å². The number of aryl methyl sites for hydroxylation is 1. The predicted molar refractivity (Wildman–Crippen MR) is 55.1 cm³/mol. The summed E-state index contributed by atoms with van der Waals surface area (Å²) in [5.74, 6) is 0. The van der Waals surface area contributed by atoms with Crippen molar-refractivity contribution >= 4 is 23.0 Å². The number of benzene rings is 1. The average molecular weight is 221 g/mol. The quantitative estimate of drug-likeness (QED) is 0.769. The SMILES string of the molecule is Cc1cc(N)c(Cl)cc1NCC(F)F. The van der Waals surface area contributed by atoms with Crippen molar-refractivity contribution in [1.82, 2.24) is 0 Å². The van der Waals surface area contributed by atoms with Gasteiger partial charge in [0.2, 0.25) is 0 Å². The van der Waals surface area contributed by atoms with Gasteiger partial charge < -0.3 is 11.1 Å². The molecule has 0 unspecified atom stereocenters. The van der Waals surface area contributed by atoms with E-state index in [1.54, 1.807) is 19.1 Å². The Balaban J connectivity index is 2.82. The van der Waals surface area contributed by atoms with E-state index < -0.39 is 6.43 Å². The molecule has 5 heteroatoms. The maximum atomic E-state index is 11.9. The van der Waals surface area contributed by atoms with Gasteiger partial charge in [-0.05, 0) is 24.6 Å². The minimum absolute atomic E-state index is 0.368. The van der Waals surface area contributed by atoms with E-state index in [1.165, 1.54) is 0 Å². The van der Waals surface area contributed by atoms with E-state index in [1.807, 2.05) is 0 Å². The zero-order chi connectivity index (χ0) is 10.7. The number of anilines is 2. The predicted octanol–water partition coefficient (Wildman–Crippen LogP) is 2.91. The Hall–Kier alpha value is -1.03. The maximum Gasteiger partial charge on any atom is 0.255 e. The molecular weight excluding hydrogens is 210 g/mol. The molecule has 0 spiro atoms. The fourth-order valence-corrected chi connectivity index (χ4v) is 1.25. The van der Waals surface area contributed by atoms with Crippen LogP contribution in [0.2, 0.25) is 5.02 Å².